The molecule has 1 aliphatic heterocycles. The average Bonchev–Trinajstić information content (AvgIpc) is 2.77. The first-order chi connectivity index (χ1) is 14.3. The highest BCUT2D eigenvalue weighted by molar-refractivity contribution is 7.89. The Morgan fingerprint density at radius 3 is 2.47 bits per heavy atom. The molecule has 0 saturated carbocycles. The minimum Gasteiger partial charge on any atom is -0.497 e. The van der Waals surface area contributed by atoms with Crippen LogP contribution in [0, 0.1) is 5.92 Å². The van der Waals surface area contributed by atoms with E-state index in [0.29, 0.717) is 24.4 Å². The molecule has 0 bridgehead atoms. The number of hydrogen-bond acceptors (Lipinski definition) is 4. The van der Waals surface area contributed by atoms with Crippen LogP contribution in [0.5, 0.6) is 5.75 Å². The monoisotopic (exact) mass is 450 g/mol. The zero-order valence-electron chi connectivity index (χ0n) is 17.2. The number of nitrogens with zero attached hydrogens (tertiary/aromatic N) is 1. The molecular formula is C22H27ClN2O4S. The van der Waals surface area contributed by atoms with E-state index in [1.54, 1.807) is 19.2 Å². The number of nitrogens with one attached hydrogen (secondary N) is 1. The van der Waals surface area contributed by atoms with Crippen molar-refractivity contribution < 1.29 is 17.9 Å². The van der Waals surface area contributed by atoms with E-state index in [0.717, 1.165) is 17.7 Å². The molecular weight excluding hydrogens is 424 g/mol. The van der Waals surface area contributed by atoms with Crippen LogP contribution in [0.3, 0.4) is 0 Å². The highest BCUT2D eigenvalue weighted by atomic mass is 35.5. The normalized spacial score (nSPS) is 18.6. The van der Waals surface area contributed by atoms with Crippen molar-refractivity contribution in [2.45, 2.75) is 37.1 Å². The third-order valence-corrected chi connectivity index (χ3v) is 7.58. The molecule has 3 rings (SSSR count). The molecule has 0 aliphatic carbocycles. The summed E-state index contributed by atoms with van der Waals surface area (Å²) < 4.78 is 32.5. The third kappa shape index (κ3) is 5.14. The average molecular weight is 451 g/mol. The van der Waals surface area contributed by atoms with Crippen molar-refractivity contribution in [2.75, 3.05) is 20.2 Å². The van der Waals surface area contributed by atoms with Crippen LogP contribution in [-0.2, 0) is 14.8 Å². The second-order valence-corrected chi connectivity index (χ2v) is 9.77. The van der Waals surface area contributed by atoms with E-state index in [1.807, 2.05) is 31.2 Å². The van der Waals surface area contributed by atoms with Gasteiger partial charge >= 0.3 is 0 Å². The molecule has 2 aromatic carbocycles. The Bertz CT molecular complexity index is 962. The van der Waals surface area contributed by atoms with Gasteiger partial charge in [0.05, 0.1) is 24.0 Å². The number of piperidine rings is 1. The smallest absolute Gasteiger partial charge is 0.243 e. The van der Waals surface area contributed by atoms with Gasteiger partial charge in [0, 0.05) is 18.1 Å². The van der Waals surface area contributed by atoms with E-state index in [9.17, 15) is 13.2 Å². The summed E-state index contributed by atoms with van der Waals surface area (Å²) in [5, 5.41) is 3.57. The number of halogens is 1. The molecule has 1 saturated heterocycles. The number of carbonyl (C=O) groups excluding carboxylic acids is 1. The van der Waals surface area contributed by atoms with Crippen LogP contribution in [0.15, 0.2) is 53.4 Å². The highest BCUT2D eigenvalue weighted by Gasteiger charge is 2.33. The maximum atomic E-state index is 13.0. The molecule has 2 atom stereocenters. The van der Waals surface area contributed by atoms with Crippen LogP contribution in [0.4, 0.5) is 0 Å². The van der Waals surface area contributed by atoms with Crippen LogP contribution >= 0.6 is 11.6 Å². The minimum atomic E-state index is -3.66. The van der Waals surface area contributed by atoms with E-state index in [4.69, 9.17) is 16.3 Å². The van der Waals surface area contributed by atoms with Gasteiger partial charge in [-0.1, -0.05) is 30.7 Å². The summed E-state index contributed by atoms with van der Waals surface area (Å²) >= 11 is 5.87. The van der Waals surface area contributed by atoms with Crippen molar-refractivity contribution in [3.63, 3.8) is 0 Å². The number of amides is 1. The van der Waals surface area contributed by atoms with Gasteiger partial charge in [-0.15, -0.1) is 0 Å². The fourth-order valence-corrected chi connectivity index (χ4v) is 5.33. The van der Waals surface area contributed by atoms with Gasteiger partial charge in [0.1, 0.15) is 5.75 Å². The first kappa shape index (κ1) is 22.6. The van der Waals surface area contributed by atoms with Crippen molar-refractivity contribution in [3.05, 3.63) is 59.1 Å². The SMILES string of the molecule is CC[C@H](NC(=O)[C@H]1CCCN(S(=O)(=O)c2ccc(Cl)cc2)C1)c1ccc(OC)cc1. The summed E-state index contributed by atoms with van der Waals surface area (Å²) in [4.78, 5) is 13.1. The van der Waals surface area contributed by atoms with Crippen molar-refractivity contribution in [1.29, 1.82) is 0 Å². The molecule has 1 N–H and O–H groups in total. The number of sulfonamides is 1. The minimum absolute atomic E-state index is 0.117. The second kappa shape index (κ2) is 9.81. The summed E-state index contributed by atoms with van der Waals surface area (Å²) in [5.41, 5.74) is 0.994. The van der Waals surface area contributed by atoms with E-state index in [-0.39, 0.29) is 29.3 Å². The van der Waals surface area contributed by atoms with E-state index in [2.05, 4.69) is 5.32 Å². The molecule has 0 radical (unpaired) electrons. The molecule has 8 heteroatoms. The van der Waals surface area contributed by atoms with Crippen LogP contribution in [0.2, 0.25) is 5.02 Å². The molecule has 1 fully saturated rings. The maximum Gasteiger partial charge on any atom is 0.243 e. The summed E-state index contributed by atoms with van der Waals surface area (Å²) in [6.45, 7) is 2.59. The van der Waals surface area contributed by atoms with E-state index >= 15 is 0 Å². The van der Waals surface area contributed by atoms with Gasteiger partial charge < -0.3 is 10.1 Å². The Morgan fingerprint density at radius 1 is 1.20 bits per heavy atom. The predicted octanol–water partition coefficient (Wildman–Crippen LogP) is 4.02. The maximum absolute atomic E-state index is 13.0. The molecule has 0 aromatic heterocycles. The molecule has 162 valence electrons. The van der Waals surface area contributed by atoms with Crippen molar-refractivity contribution in [1.82, 2.24) is 9.62 Å². The number of ether oxygens (including phenoxy) is 1. The van der Waals surface area contributed by atoms with Gasteiger partial charge in [-0.05, 0) is 61.2 Å². The van der Waals surface area contributed by atoms with Crippen LogP contribution < -0.4 is 10.1 Å². The van der Waals surface area contributed by atoms with Gasteiger partial charge in [-0.25, -0.2) is 8.42 Å². The third-order valence-electron chi connectivity index (χ3n) is 5.45. The molecule has 2 aromatic rings. The van der Waals surface area contributed by atoms with Gasteiger partial charge in [0.2, 0.25) is 15.9 Å². The van der Waals surface area contributed by atoms with Crippen molar-refractivity contribution >= 4 is 27.5 Å². The molecule has 6 nitrogen and oxygen atoms in total. The molecule has 0 spiro atoms. The summed E-state index contributed by atoms with van der Waals surface area (Å²) in [6.07, 6.45) is 2.04. The second-order valence-electron chi connectivity index (χ2n) is 7.40. The number of carbonyl (C=O) groups is 1. The number of hydrogen-bond donors (Lipinski definition) is 1. The topological polar surface area (TPSA) is 75.7 Å². The van der Waals surface area contributed by atoms with Gasteiger partial charge in [-0.3, -0.25) is 4.79 Å². The molecule has 1 amide bonds. The zero-order chi connectivity index (χ0) is 21.7. The van der Waals surface area contributed by atoms with Gasteiger partial charge in [-0.2, -0.15) is 4.31 Å². The standard InChI is InChI=1S/C22H27ClN2O4S/c1-3-21(16-6-10-19(29-2)11-7-16)24-22(26)17-5-4-14-25(15-17)30(27,28)20-12-8-18(23)9-13-20/h6-13,17,21H,3-5,14-15H2,1-2H3,(H,24,26)/t17-,21-/m0/s1. The van der Waals surface area contributed by atoms with E-state index < -0.39 is 10.0 Å². The lowest BCUT2D eigenvalue weighted by Gasteiger charge is -2.32. The lowest BCUT2D eigenvalue weighted by Crippen LogP contribution is -2.46. The van der Waals surface area contributed by atoms with Gasteiger partial charge in [0.25, 0.3) is 0 Å². The highest BCUT2D eigenvalue weighted by Crippen LogP contribution is 2.26. The number of rotatable bonds is 7. The van der Waals surface area contributed by atoms with Crippen LogP contribution in [0.25, 0.3) is 0 Å². The van der Waals surface area contributed by atoms with Crippen LogP contribution in [-0.4, -0.2) is 38.8 Å². The Hall–Kier alpha value is -2.09. The fourth-order valence-electron chi connectivity index (χ4n) is 3.68. The summed E-state index contributed by atoms with van der Waals surface area (Å²) in [6, 6.07) is 13.6. The summed E-state index contributed by atoms with van der Waals surface area (Å²) in [7, 11) is -2.05. The number of benzene rings is 2. The van der Waals surface area contributed by atoms with Crippen molar-refractivity contribution in [3.8, 4) is 5.75 Å². The Labute approximate surface area is 183 Å². The first-order valence-corrected chi connectivity index (χ1v) is 11.9. The molecule has 30 heavy (non-hydrogen) atoms. The molecule has 1 aliphatic rings. The number of methoxy groups -OCH3 is 1. The molecule has 1 heterocycles. The van der Waals surface area contributed by atoms with Crippen LogP contribution in [0.1, 0.15) is 37.8 Å². The summed E-state index contributed by atoms with van der Waals surface area (Å²) in [5.74, 6) is 0.261. The fraction of sp³-hybridized carbons (Fsp3) is 0.409. The van der Waals surface area contributed by atoms with Crippen molar-refractivity contribution in [2.24, 2.45) is 5.92 Å². The lowest BCUT2D eigenvalue weighted by atomic mass is 9.97. The van der Waals surface area contributed by atoms with Gasteiger partial charge in [0.15, 0.2) is 0 Å². The Morgan fingerprint density at radius 2 is 1.87 bits per heavy atom. The molecule has 0 unspecified atom stereocenters. The Kier molecular flexibility index (Phi) is 7.39. The predicted molar refractivity (Wildman–Crippen MR) is 117 cm³/mol. The lowest BCUT2D eigenvalue weighted by molar-refractivity contribution is -0.126. The van der Waals surface area contributed by atoms with E-state index in [1.165, 1.54) is 16.4 Å². The first-order valence-electron chi connectivity index (χ1n) is 10.0. The zero-order valence-corrected chi connectivity index (χ0v) is 18.7. The Balaban J connectivity index is 1.69. The largest absolute Gasteiger partial charge is 0.497 e. The quantitative estimate of drug-likeness (QED) is 0.691.